The molecule has 0 N–H and O–H groups in total. The minimum Gasteiger partial charge on any atom is -0.341 e. The third-order valence-corrected chi connectivity index (χ3v) is 0. The summed E-state index contributed by atoms with van der Waals surface area (Å²) >= 11 is 0. The summed E-state index contributed by atoms with van der Waals surface area (Å²) in [6.45, 7) is 19.5. The quantitative estimate of drug-likeness (QED) is 0.524. The van der Waals surface area contributed by atoms with Gasteiger partial charge in [-0.1, -0.05) is 27.7 Å². The summed E-state index contributed by atoms with van der Waals surface area (Å²) in [4.78, 5) is 0. The standard InChI is InChI=1S/2C4H9.C3H7.V/c2*1-4(2)3;1-3-2;/h2*4H,1H2,2-3H3;3H,1-2H3;/q3*-1;. The molecule has 0 aromatic heterocycles. The Balaban J connectivity index is -0.0000000389. The van der Waals surface area contributed by atoms with E-state index in [9.17, 15) is 0 Å². The van der Waals surface area contributed by atoms with Gasteiger partial charge in [0.25, 0.3) is 0 Å². The van der Waals surface area contributed by atoms with Crippen molar-refractivity contribution in [3.8, 4) is 0 Å². The van der Waals surface area contributed by atoms with Crippen molar-refractivity contribution >= 4 is 0 Å². The molecule has 1 heteroatoms. The molecule has 0 fully saturated rings. The predicted octanol–water partition coefficient (Wildman–Crippen LogP) is 4.18. The van der Waals surface area contributed by atoms with Gasteiger partial charge in [0, 0.05) is 18.6 Å². The van der Waals surface area contributed by atoms with E-state index in [0.717, 1.165) is 0 Å². The molecule has 0 aromatic carbocycles. The van der Waals surface area contributed by atoms with Crippen LogP contribution in [0.1, 0.15) is 41.5 Å². The van der Waals surface area contributed by atoms with Gasteiger partial charge in [-0.2, -0.15) is 25.7 Å². The molecule has 0 nitrogen and oxygen atoms in total. The molecule has 77 valence electrons. The van der Waals surface area contributed by atoms with Gasteiger partial charge in [-0.15, -0.1) is 0 Å². The van der Waals surface area contributed by atoms with E-state index in [2.05, 4.69) is 41.5 Å². The first kappa shape index (κ1) is 22.9. The van der Waals surface area contributed by atoms with Gasteiger partial charge in [-0.05, 0) is 0 Å². The third kappa shape index (κ3) is 2850. The zero-order valence-electron chi connectivity index (χ0n) is 9.59. The minimum atomic E-state index is 0. The van der Waals surface area contributed by atoms with Gasteiger partial charge >= 0.3 is 0 Å². The number of hydrogen-bond donors (Lipinski definition) is 0. The van der Waals surface area contributed by atoms with Crippen molar-refractivity contribution in [1.82, 2.24) is 0 Å². The topological polar surface area (TPSA) is 0 Å². The van der Waals surface area contributed by atoms with Crippen molar-refractivity contribution < 1.29 is 18.6 Å². The Hall–Kier alpha value is 0.584. The average molecular weight is 208 g/mol. The van der Waals surface area contributed by atoms with Crippen LogP contribution in [0.15, 0.2) is 0 Å². The molecular weight excluding hydrogens is 183 g/mol. The molecule has 0 aromatic rings. The maximum absolute atomic E-state index is 3.64. The normalized spacial score (nSPS) is 7.50. The molecule has 12 heavy (non-hydrogen) atoms. The van der Waals surface area contributed by atoms with Crippen LogP contribution in [0, 0.1) is 32.1 Å². The van der Waals surface area contributed by atoms with Crippen LogP contribution in [0.2, 0.25) is 0 Å². The summed E-state index contributed by atoms with van der Waals surface area (Å²) in [6.07, 6.45) is 2.00. The average Bonchev–Trinajstić information content (AvgIpc) is 1.60. The molecule has 0 saturated heterocycles. The third-order valence-electron chi connectivity index (χ3n) is 0. The minimum absolute atomic E-state index is 0. The molecule has 0 aliphatic heterocycles. The summed E-state index contributed by atoms with van der Waals surface area (Å²) in [5.41, 5.74) is 0. The molecule has 0 rings (SSSR count). The molecule has 0 saturated carbocycles. The van der Waals surface area contributed by atoms with Gasteiger partial charge < -0.3 is 20.3 Å². The summed E-state index contributed by atoms with van der Waals surface area (Å²) < 4.78 is 0. The second-order valence-electron chi connectivity index (χ2n) is 3.37. The zero-order valence-corrected chi connectivity index (χ0v) is 11.0. The van der Waals surface area contributed by atoms with Crippen molar-refractivity contribution in [1.29, 1.82) is 0 Å². The summed E-state index contributed by atoms with van der Waals surface area (Å²) in [5, 5.41) is 0. The van der Waals surface area contributed by atoms with E-state index < -0.39 is 0 Å². The van der Waals surface area contributed by atoms with Crippen molar-refractivity contribution in [2.45, 2.75) is 41.5 Å². The van der Waals surface area contributed by atoms with Gasteiger partial charge in [-0.25, -0.2) is 0 Å². The molecule has 0 spiro atoms. The van der Waals surface area contributed by atoms with Crippen molar-refractivity contribution in [3.05, 3.63) is 20.3 Å². The summed E-state index contributed by atoms with van der Waals surface area (Å²) in [7, 11) is 0. The predicted molar refractivity (Wildman–Crippen MR) is 56.0 cm³/mol. The van der Waals surface area contributed by atoms with Gasteiger partial charge in [0.15, 0.2) is 0 Å². The zero-order chi connectivity index (χ0) is 9.86. The molecule has 0 aliphatic rings. The SMILES string of the molecule is C[CH-]C.[CH2-]C(C)C.[CH2-]C(C)C.[V]. The number of hydrogen-bond acceptors (Lipinski definition) is 0. The number of rotatable bonds is 0. The Morgan fingerprint density at radius 2 is 0.833 bits per heavy atom. The Morgan fingerprint density at radius 1 is 0.833 bits per heavy atom. The molecule has 0 amide bonds. The summed E-state index contributed by atoms with van der Waals surface area (Å²) in [6, 6.07) is 0. The Kier molecular flexibility index (Phi) is 43.1. The Bertz CT molecular complexity index is 28.8. The molecular formula is C11H25V-3. The van der Waals surface area contributed by atoms with E-state index >= 15 is 0 Å². The Labute approximate surface area is 92.4 Å². The first-order chi connectivity index (χ1) is 4.88. The van der Waals surface area contributed by atoms with E-state index in [1.807, 2.05) is 20.3 Å². The van der Waals surface area contributed by atoms with E-state index in [-0.39, 0.29) is 18.6 Å². The first-order valence-corrected chi connectivity index (χ1v) is 4.28. The maximum Gasteiger partial charge on any atom is 0 e. The van der Waals surface area contributed by atoms with Crippen LogP contribution in [0.4, 0.5) is 0 Å². The van der Waals surface area contributed by atoms with Gasteiger partial charge in [0.05, 0.1) is 0 Å². The molecule has 1 radical (unpaired) electrons. The smallest absolute Gasteiger partial charge is 0 e. The van der Waals surface area contributed by atoms with Crippen LogP contribution < -0.4 is 0 Å². The maximum atomic E-state index is 3.64. The molecule has 0 bridgehead atoms. The molecule has 0 unspecified atom stereocenters. The van der Waals surface area contributed by atoms with E-state index in [1.165, 1.54) is 0 Å². The van der Waals surface area contributed by atoms with Gasteiger partial charge in [-0.3, -0.25) is 0 Å². The van der Waals surface area contributed by atoms with Gasteiger partial charge in [0.2, 0.25) is 0 Å². The molecule has 0 heterocycles. The fourth-order valence-corrected chi connectivity index (χ4v) is 0. The fraction of sp³-hybridized carbons (Fsp3) is 0.727. The van der Waals surface area contributed by atoms with Crippen molar-refractivity contribution in [3.63, 3.8) is 0 Å². The van der Waals surface area contributed by atoms with Crippen molar-refractivity contribution in [2.24, 2.45) is 11.8 Å². The van der Waals surface area contributed by atoms with Crippen LogP contribution in [0.5, 0.6) is 0 Å². The van der Waals surface area contributed by atoms with E-state index in [0.29, 0.717) is 11.8 Å². The second-order valence-corrected chi connectivity index (χ2v) is 3.37. The fourth-order valence-electron chi connectivity index (χ4n) is 0. The van der Waals surface area contributed by atoms with Crippen LogP contribution in [0.3, 0.4) is 0 Å². The molecule has 0 atom stereocenters. The van der Waals surface area contributed by atoms with E-state index in [4.69, 9.17) is 0 Å². The largest absolute Gasteiger partial charge is 0.341 e. The Morgan fingerprint density at radius 3 is 0.833 bits per heavy atom. The summed E-state index contributed by atoms with van der Waals surface area (Å²) in [5.74, 6) is 1.17. The molecule has 0 aliphatic carbocycles. The van der Waals surface area contributed by atoms with Crippen LogP contribution in [-0.4, -0.2) is 0 Å². The first-order valence-electron chi connectivity index (χ1n) is 4.28. The van der Waals surface area contributed by atoms with Crippen LogP contribution in [0.25, 0.3) is 0 Å². The van der Waals surface area contributed by atoms with Gasteiger partial charge in [0.1, 0.15) is 0 Å². The second kappa shape index (κ2) is 22.6. The van der Waals surface area contributed by atoms with Crippen molar-refractivity contribution in [2.75, 3.05) is 0 Å². The monoisotopic (exact) mass is 208 g/mol. The van der Waals surface area contributed by atoms with Crippen LogP contribution >= 0.6 is 0 Å². The van der Waals surface area contributed by atoms with E-state index in [1.54, 1.807) is 0 Å². The van der Waals surface area contributed by atoms with Crippen LogP contribution in [-0.2, 0) is 18.6 Å².